The van der Waals surface area contributed by atoms with Crippen LogP contribution in [0.5, 0.6) is 5.75 Å². The smallest absolute Gasteiger partial charge is 0.119 e. The standard InChI is InChI=1S/C31H35FN2O/c1-22-7-12-30-25(17-22)5-3-6-29(26-18-23(2)19-33-20-26)31(30)24-8-10-27(11-9-24)35-28-13-16-34(21-28)15-4-14-32/h7-12,17-20,28H,3-6,13-16,21H2,1-2H3. The second-order valence-corrected chi connectivity index (χ2v) is 10.0. The molecule has 1 aliphatic heterocycles. The molecule has 5 rings (SSSR count). The van der Waals surface area contributed by atoms with Gasteiger partial charge in [0, 0.05) is 32.0 Å². The van der Waals surface area contributed by atoms with Crippen LogP contribution in [0.2, 0.25) is 0 Å². The van der Waals surface area contributed by atoms with Crippen molar-refractivity contribution < 1.29 is 9.13 Å². The molecule has 1 unspecified atom stereocenters. The fraction of sp³-hybridized carbons (Fsp3) is 0.387. The molecule has 1 fully saturated rings. The number of halogens is 1. The molecule has 1 aromatic heterocycles. The third-order valence-corrected chi connectivity index (χ3v) is 7.21. The van der Waals surface area contributed by atoms with Gasteiger partial charge < -0.3 is 4.74 Å². The summed E-state index contributed by atoms with van der Waals surface area (Å²) < 4.78 is 18.8. The van der Waals surface area contributed by atoms with E-state index in [1.807, 2.05) is 12.4 Å². The molecule has 1 atom stereocenters. The number of hydrogen-bond acceptors (Lipinski definition) is 3. The zero-order valence-electron chi connectivity index (χ0n) is 20.9. The summed E-state index contributed by atoms with van der Waals surface area (Å²) in [7, 11) is 0. The lowest BCUT2D eigenvalue weighted by Crippen LogP contribution is -2.26. The van der Waals surface area contributed by atoms with E-state index < -0.39 is 0 Å². The summed E-state index contributed by atoms with van der Waals surface area (Å²) in [6, 6.07) is 17.8. The third-order valence-electron chi connectivity index (χ3n) is 7.21. The van der Waals surface area contributed by atoms with Crippen molar-refractivity contribution >= 4 is 11.1 Å². The fourth-order valence-corrected chi connectivity index (χ4v) is 5.53. The molecule has 3 nitrogen and oxygen atoms in total. The van der Waals surface area contributed by atoms with Crippen molar-refractivity contribution in [2.24, 2.45) is 0 Å². The number of aryl methyl sites for hydroxylation is 3. The minimum atomic E-state index is -0.247. The monoisotopic (exact) mass is 470 g/mol. The molecule has 0 radical (unpaired) electrons. The van der Waals surface area contributed by atoms with Gasteiger partial charge in [-0.1, -0.05) is 35.9 Å². The molecule has 0 spiro atoms. The summed E-state index contributed by atoms with van der Waals surface area (Å²) in [5.41, 5.74) is 10.4. The summed E-state index contributed by atoms with van der Waals surface area (Å²) in [5, 5.41) is 0. The fourth-order valence-electron chi connectivity index (χ4n) is 5.53. The van der Waals surface area contributed by atoms with E-state index in [1.54, 1.807) is 0 Å². The third kappa shape index (κ3) is 5.48. The zero-order valence-corrected chi connectivity index (χ0v) is 20.9. The second kappa shape index (κ2) is 10.7. The number of rotatable bonds is 7. The Morgan fingerprint density at radius 3 is 2.63 bits per heavy atom. The Balaban J connectivity index is 1.47. The van der Waals surface area contributed by atoms with E-state index in [0.29, 0.717) is 6.42 Å². The van der Waals surface area contributed by atoms with Gasteiger partial charge in [-0.25, -0.2) is 0 Å². The molecule has 0 amide bonds. The molecule has 2 heterocycles. The highest BCUT2D eigenvalue weighted by Crippen LogP contribution is 2.40. The van der Waals surface area contributed by atoms with E-state index in [9.17, 15) is 4.39 Å². The van der Waals surface area contributed by atoms with Crippen LogP contribution < -0.4 is 4.74 Å². The lowest BCUT2D eigenvalue weighted by Gasteiger charge is -2.19. The number of benzene rings is 2. The van der Waals surface area contributed by atoms with Crippen LogP contribution in [0.15, 0.2) is 60.9 Å². The second-order valence-electron chi connectivity index (χ2n) is 10.0. The van der Waals surface area contributed by atoms with Crippen molar-refractivity contribution in [1.29, 1.82) is 0 Å². The molecule has 182 valence electrons. The van der Waals surface area contributed by atoms with E-state index in [2.05, 4.69) is 72.3 Å². The summed E-state index contributed by atoms with van der Waals surface area (Å²) in [6.07, 6.45) is 8.96. The van der Waals surface area contributed by atoms with Gasteiger partial charge in [-0.2, -0.15) is 0 Å². The van der Waals surface area contributed by atoms with Crippen LogP contribution in [0.25, 0.3) is 11.1 Å². The number of hydrogen-bond donors (Lipinski definition) is 0. The number of likely N-dealkylation sites (tertiary alicyclic amines) is 1. The Morgan fingerprint density at radius 1 is 0.971 bits per heavy atom. The first-order valence-electron chi connectivity index (χ1n) is 12.9. The zero-order chi connectivity index (χ0) is 24.2. The Labute approximate surface area is 208 Å². The number of nitrogens with zero attached hydrogens (tertiary/aromatic N) is 2. The molecule has 1 saturated heterocycles. The molecule has 0 N–H and O–H groups in total. The van der Waals surface area contributed by atoms with Crippen molar-refractivity contribution in [2.75, 3.05) is 26.3 Å². The summed E-state index contributed by atoms with van der Waals surface area (Å²) in [6.45, 7) is 6.72. The maximum Gasteiger partial charge on any atom is 0.119 e. The van der Waals surface area contributed by atoms with Gasteiger partial charge in [-0.05, 0) is 103 Å². The van der Waals surface area contributed by atoms with Crippen molar-refractivity contribution in [3.05, 3.63) is 94.3 Å². The predicted molar refractivity (Wildman–Crippen MR) is 142 cm³/mol. The molecule has 0 bridgehead atoms. The summed E-state index contributed by atoms with van der Waals surface area (Å²) >= 11 is 0. The van der Waals surface area contributed by atoms with Crippen molar-refractivity contribution in [3.8, 4) is 5.75 Å². The topological polar surface area (TPSA) is 25.4 Å². The molecular formula is C31H35FN2O. The number of pyridine rings is 1. The number of allylic oxidation sites excluding steroid dienone is 1. The van der Waals surface area contributed by atoms with E-state index in [4.69, 9.17) is 4.74 Å². The van der Waals surface area contributed by atoms with Crippen LogP contribution in [0.1, 0.15) is 59.1 Å². The number of fused-ring (bicyclic) bond motifs is 1. The quantitative estimate of drug-likeness (QED) is 0.379. The lowest BCUT2D eigenvalue weighted by atomic mass is 9.87. The predicted octanol–water partition coefficient (Wildman–Crippen LogP) is 6.81. The first-order valence-corrected chi connectivity index (χ1v) is 12.9. The van der Waals surface area contributed by atoms with Crippen LogP contribution in [0.3, 0.4) is 0 Å². The van der Waals surface area contributed by atoms with Crippen LogP contribution in [0.4, 0.5) is 4.39 Å². The van der Waals surface area contributed by atoms with Crippen LogP contribution >= 0.6 is 0 Å². The van der Waals surface area contributed by atoms with Crippen molar-refractivity contribution in [1.82, 2.24) is 9.88 Å². The average molecular weight is 471 g/mol. The van der Waals surface area contributed by atoms with E-state index in [-0.39, 0.29) is 12.8 Å². The van der Waals surface area contributed by atoms with Gasteiger partial charge in [0.1, 0.15) is 11.9 Å². The van der Waals surface area contributed by atoms with Gasteiger partial charge in [-0.15, -0.1) is 0 Å². The minimum absolute atomic E-state index is 0.176. The van der Waals surface area contributed by atoms with Crippen molar-refractivity contribution in [3.63, 3.8) is 0 Å². The van der Waals surface area contributed by atoms with Crippen LogP contribution in [-0.2, 0) is 6.42 Å². The van der Waals surface area contributed by atoms with Gasteiger partial charge in [0.05, 0.1) is 6.67 Å². The Bertz CT molecular complexity index is 1200. The highest BCUT2D eigenvalue weighted by Gasteiger charge is 2.24. The number of aromatic nitrogens is 1. The van der Waals surface area contributed by atoms with E-state index in [0.717, 1.165) is 51.1 Å². The van der Waals surface area contributed by atoms with Crippen molar-refractivity contribution in [2.45, 2.75) is 52.1 Å². The first kappa shape index (κ1) is 23.7. The van der Waals surface area contributed by atoms with Gasteiger partial charge in [0.25, 0.3) is 0 Å². The average Bonchev–Trinajstić information content (AvgIpc) is 3.22. The highest BCUT2D eigenvalue weighted by atomic mass is 19.1. The first-order chi connectivity index (χ1) is 17.1. The summed E-state index contributed by atoms with van der Waals surface area (Å²) in [4.78, 5) is 6.81. The highest BCUT2D eigenvalue weighted by molar-refractivity contribution is 5.99. The molecule has 2 aliphatic rings. The van der Waals surface area contributed by atoms with Gasteiger partial charge >= 0.3 is 0 Å². The van der Waals surface area contributed by atoms with Gasteiger partial charge in [0.2, 0.25) is 0 Å². The summed E-state index contributed by atoms with van der Waals surface area (Å²) in [5.74, 6) is 0.906. The van der Waals surface area contributed by atoms with E-state index >= 15 is 0 Å². The maximum atomic E-state index is 12.5. The molecule has 4 heteroatoms. The minimum Gasteiger partial charge on any atom is -0.489 e. The van der Waals surface area contributed by atoms with Gasteiger partial charge in [-0.3, -0.25) is 14.3 Å². The lowest BCUT2D eigenvalue weighted by molar-refractivity contribution is 0.198. The van der Waals surface area contributed by atoms with E-state index in [1.165, 1.54) is 44.5 Å². The molecule has 1 aliphatic carbocycles. The Hall–Kier alpha value is -2.98. The molecule has 0 saturated carbocycles. The normalized spacial score (nSPS) is 18.4. The molecule has 2 aromatic carbocycles. The maximum absolute atomic E-state index is 12.5. The molecule has 3 aromatic rings. The molecule has 35 heavy (non-hydrogen) atoms. The Morgan fingerprint density at radius 2 is 1.83 bits per heavy atom. The Kier molecular flexibility index (Phi) is 7.29. The molecular weight excluding hydrogens is 435 g/mol. The van der Waals surface area contributed by atoms with Crippen LogP contribution in [-0.4, -0.2) is 42.3 Å². The SMILES string of the molecule is Cc1cncc(C2=C(c3ccc(OC4CCN(CCCF)C4)cc3)c3ccc(C)cc3CCC2)c1. The number of alkyl halides is 1. The van der Waals surface area contributed by atoms with Crippen LogP contribution in [0, 0.1) is 13.8 Å². The van der Waals surface area contributed by atoms with Gasteiger partial charge in [0.15, 0.2) is 0 Å². The largest absolute Gasteiger partial charge is 0.489 e. The number of ether oxygens (including phenoxy) is 1.